The van der Waals surface area contributed by atoms with Gasteiger partial charge in [0.2, 0.25) is 0 Å². The van der Waals surface area contributed by atoms with Gasteiger partial charge >= 0.3 is 0 Å². The molecule has 102 valence electrons. The summed E-state index contributed by atoms with van der Waals surface area (Å²) in [5, 5.41) is 3.95. The van der Waals surface area contributed by atoms with Crippen molar-refractivity contribution in [2.45, 2.75) is 33.6 Å². The van der Waals surface area contributed by atoms with E-state index in [9.17, 15) is 0 Å². The van der Waals surface area contributed by atoms with Gasteiger partial charge in [0.1, 0.15) is 16.8 Å². The molecule has 0 aliphatic carbocycles. The first kappa shape index (κ1) is 15.6. The van der Waals surface area contributed by atoms with Gasteiger partial charge in [0.05, 0.1) is 0 Å². The standard InChI is InChI=1S/C13H22ClN3S/c1-5-6-11-16-12(14)10(3)13(17-11)15-7-9(2)8-18-4/h9H,5-8H2,1-4H3,(H,15,16,17). The van der Waals surface area contributed by atoms with Gasteiger partial charge in [-0.15, -0.1) is 0 Å². The molecule has 5 heteroatoms. The van der Waals surface area contributed by atoms with Crippen molar-refractivity contribution in [3.05, 3.63) is 16.5 Å². The number of nitrogens with one attached hydrogen (secondary N) is 1. The molecule has 0 saturated carbocycles. The zero-order chi connectivity index (χ0) is 13.5. The zero-order valence-electron chi connectivity index (χ0n) is 11.6. The van der Waals surface area contributed by atoms with Crippen LogP contribution in [-0.4, -0.2) is 28.5 Å². The molecule has 0 aliphatic heterocycles. The van der Waals surface area contributed by atoms with Crippen LogP contribution < -0.4 is 5.32 Å². The van der Waals surface area contributed by atoms with E-state index in [-0.39, 0.29) is 0 Å². The van der Waals surface area contributed by atoms with Gasteiger partial charge in [0.25, 0.3) is 0 Å². The normalized spacial score (nSPS) is 12.5. The average molecular weight is 288 g/mol. The average Bonchev–Trinajstić information content (AvgIpc) is 2.32. The Labute approximate surface area is 119 Å². The molecule has 1 unspecified atom stereocenters. The number of aryl methyl sites for hydroxylation is 1. The van der Waals surface area contributed by atoms with Crippen LogP contribution in [0.15, 0.2) is 0 Å². The number of anilines is 1. The zero-order valence-corrected chi connectivity index (χ0v) is 13.2. The molecular weight excluding hydrogens is 266 g/mol. The summed E-state index contributed by atoms with van der Waals surface area (Å²) in [7, 11) is 0. The lowest BCUT2D eigenvalue weighted by atomic mass is 10.2. The van der Waals surface area contributed by atoms with Crippen LogP contribution in [0.2, 0.25) is 5.15 Å². The van der Waals surface area contributed by atoms with Gasteiger partial charge in [-0.1, -0.05) is 25.4 Å². The highest BCUT2D eigenvalue weighted by Gasteiger charge is 2.10. The molecule has 1 atom stereocenters. The summed E-state index contributed by atoms with van der Waals surface area (Å²) in [6.07, 6.45) is 4.03. The van der Waals surface area contributed by atoms with Crippen molar-refractivity contribution >= 4 is 29.2 Å². The van der Waals surface area contributed by atoms with Crippen LogP contribution in [0, 0.1) is 12.8 Å². The van der Waals surface area contributed by atoms with E-state index < -0.39 is 0 Å². The minimum absolute atomic E-state index is 0.563. The van der Waals surface area contributed by atoms with E-state index in [1.54, 1.807) is 0 Å². The summed E-state index contributed by atoms with van der Waals surface area (Å²) in [4.78, 5) is 8.84. The lowest BCUT2D eigenvalue weighted by molar-refractivity contribution is 0.697. The van der Waals surface area contributed by atoms with Crippen molar-refractivity contribution in [1.29, 1.82) is 0 Å². The summed E-state index contributed by atoms with van der Waals surface area (Å²) in [6, 6.07) is 0. The molecule has 1 heterocycles. The highest BCUT2D eigenvalue weighted by Crippen LogP contribution is 2.20. The monoisotopic (exact) mass is 287 g/mol. The maximum absolute atomic E-state index is 6.14. The maximum Gasteiger partial charge on any atom is 0.137 e. The van der Waals surface area contributed by atoms with Gasteiger partial charge in [-0.05, 0) is 31.3 Å². The summed E-state index contributed by atoms with van der Waals surface area (Å²) in [5.41, 5.74) is 0.938. The number of aromatic nitrogens is 2. The van der Waals surface area contributed by atoms with Crippen LogP contribution in [0.5, 0.6) is 0 Å². The molecule has 0 aliphatic rings. The maximum atomic E-state index is 6.14. The van der Waals surface area contributed by atoms with Gasteiger partial charge in [-0.25, -0.2) is 9.97 Å². The van der Waals surface area contributed by atoms with E-state index in [2.05, 4.69) is 35.4 Å². The second kappa shape index (κ2) is 7.85. The Hall–Kier alpha value is -0.480. The quantitative estimate of drug-likeness (QED) is 0.774. The van der Waals surface area contributed by atoms with Crippen LogP contribution >= 0.6 is 23.4 Å². The Morgan fingerprint density at radius 3 is 2.72 bits per heavy atom. The number of hydrogen-bond acceptors (Lipinski definition) is 4. The van der Waals surface area contributed by atoms with Crippen LogP contribution in [0.25, 0.3) is 0 Å². The van der Waals surface area contributed by atoms with Crippen LogP contribution in [0.4, 0.5) is 5.82 Å². The fraction of sp³-hybridized carbons (Fsp3) is 0.692. The molecule has 1 N–H and O–H groups in total. The van der Waals surface area contributed by atoms with Crippen LogP contribution in [0.1, 0.15) is 31.7 Å². The highest BCUT2D eigenvalue weighted by molar-refractivity contribution is 7.98. The molecule has 18 heavy (non-hydrogen) atoms. The Morgan fingerprint density at radius 1 is 1.39 bits per heavy atom. The topological polar surface area (TPSA) is 37.8 Å². The molecular formula is C13H22ClN3S. The molecule has 0 radical (unpaired) electrons. The van der Waals surface area contributed by atoms with Crippen LogP contribution in [0.3, 0.4) is 0 Å². The molecule has 0 bridgehead atoms. The van der Waals surface area contributed by atoms with Gasteiger partial charge in [-0.3, -0.25) is 0 Å². The van der Waals surface area contributed by atoms with Gasteiger partial charge in [0.15, 0.2) is 0 Å². The molecule has 0 saturated heterocycles. The fourth-order valence-corrected chi connectivity index (χ4v) is 2.53. The first-order chi connectivity index (χ1) is 8.58. The third-order valence-corrected chi connectivity index (χ3v) is 3.95. The largest absolute Gasteiger partial charge is 0.369 e. The Morgan fingerprint density at radius 2 is 2.11 bits per heavy atom. The lowest BCUT2D eigenvalue weighted by Gasteiger charge is -2.14. The van der Waals surface area contributed by atoms with Crippen LogP contribution in [-0.2, 0) is 6.42 Å². The van der Waals surface area contributed by atoms with Crippen molar-refractivity contribution in [3.63, 3.8) is 0 Å². The van der Waals surface area contributed by atoms with Gasteiger partial charge < -0.3 is 5.32 Å². The molecule has 0 fully saturated rings. The first-order valence-electron chi connectivity index (χ1n) is 6.34. The number of halogens is 1. The van der Waals surface area contributed by atoms with Crippen molar-refractivity contribution in [2.24, 2.45) is 5.92 Å². The molecule has 1 aromatic heterocycles. The number of thioether (sulfide) groups is 1. The Balaban J connectivity index is 2.74. The predicted molar refractivity (Wildman–Crippen MR) is 81.8 cm³/mol. The second-order valence-corrected chi connectivity index (χ2v) is 5.86. The molecule has 0 amide bonds. The SMILES string of the molecule is CCCc1nc(Cl)c(C)c(NCC(C)CSC)n1. The lowest BCUT2D eigenvalue weighted by Crippen LogP contribution is -2.16. The highest BCUT2D eigenvalue weighted by atomic mass is 35.5. The minimum atomic E-state index is 0.563. The molecule has 1 rings (SSSR count). The van der Waals surface area contributed by atoms with Crippen molar-refractivity contribution in [1.82, 2.24) is 9.97 Å². The minimum Gasteiger partial charge on any atom is -0.369 e. The molecule has 1 aromatic rings. The van der Waals surface area contributed by atoms with E-state index in [1.165, 1.54) is 0 Å². The van der Waals surface area contributed by atoms with E-state index >= 15 is 0 Å². The number of rotatable bonds is 7. The summed E-state index contributed by atoms with van der Waals surface area (Å²) in [6.45, 7) is 7.22. The fourth-order valence-electron chi connectivity index (χ4n) is 1.65. The third-order valence-electron chi connectivity index (χ3n) is 2.68. The van der Waals surface area contributed by atoms with E-state index in [0.29, 0.717) is 11.1 Å². The second-order valence-electron chi connectivity index (χ2n) is 4.60. The van der Waals surface area contributed by atoms with Crippen molar-refractivity contribution in [2.75, 3.05) is 23.9 Å². The number of nitrogens with zero attached hydrogens (tertiary/aromatic N) is 2. The molecule has 0 aromatic carbocycles. The summed E-state index contributed by atoms with van der Waals surface area (Å²) in [5.74, 6) is 3.47. The summed E-state index contributed by atoms with van der Waals surface area (Å²) >= 11 is 8.00. The summed E-state index contributed by atoms with van der Waals surface area (Å²) < 4.78 is 0. The molecule has 0 spiro atoms. The smallest absolute Gasteiger partial charge is 0.137 e. The van der Waals surface area contributed by atoms with Crippen molar-refractivity contribution in [3.8, 4) is 0 Å². The van der Waals surface area contributed by atoms with E-state index in [1.807, 2.05) is 18.7 Å². The number of hydrogen-bond donors (Lipinski definition) is 1. The van der Waals surface area contributed by atoms with Gasteiger partial charge in [0, 0.05) is 18.5 Å². The Kier molecular flexibility index (Phi) is 6.79. The third kappa shape index (κ3) is 4.65. The van der Waals surface area contributed by atoms with Gasteiger partial charge in [-0.2, -0.15) is 11.8 Å². The Bertz CT molecular complexity index is 385. The van der Waals surface area contributed by atoms with E-state index in [0.717, 1.165) is 42.3 Å². The van der Waals surface area contributed by atoms with Crippen molar-refractivity contribution < 1.29 is 0 Å². The molecule has 3 nitrogen and oxygen atoms in total. The van der Waals surface area contributed by atoms with E-state index in [4.69, 9.17) is 11.6 Å². The predicted octanol–water partition coefficient (Wildman–Crippen LogP) is 3.80. The first-order valence-corrected chi connectivity index (χ1v) is 8.11.